The number of benzene rings is 2. The number of hydrogen-bond donors (Lipinski definition) is 1. The highest BCUT2D eigenvalue weighted by Crippen LogP contribution is 2.28. The first-order valence-electron chi connectivity index (χ1n) is 7.76. The summed E-state index contributed by atoms with van der Waals surface area (Å²) >= 11 is 3.69. The van der Waals surface area contributed by atoms with Gasteiger partial charge in [-0.3, -0.25) is 0 Å². The molecule has 2 aromatic rings. The smallest absolute Gasteiger partial charge is 0.0207 e. The van der Waals surface area contributed by atoms with Gasteiger partial charge in [-0.25, -0.2) is 0 Å². The van der Waals surface area contributed by atoms with E-state index in [1.807, 2.05) is 0 Å². The van der Waals surface area contributed by atoms with Crippen molar-refractivity contribution in [1.82, 2.24) is 5.32 Å². The molecule has 1 saturated carbocycles. The van der Waals surface area contributed by atoms with Crippen molar-refractivity contribution in [3.8, 4) is 0 Å². The number of rotatable bonds is 6. The van der Waals surface area contributed by atoms with E-state index in [0.29, 0.717) is 5.92 Å². The van der Waals surface area contributed by atoms with Crippen LogP contribution in [0.1, 0.15) is 35.4 Å². The zero-order valence-electron chi connectivity index (χ0n) is 12.5. The van der Waals surface area contributed by atoms with Gasteiger partial charge in [-0.2, -0.15) is 0 Å². The van der Waals surface area contributed by atoms with Crippen molar-refractivity contribution >= 4 is 15.9 Å². The second-order valence-electron chi connectivity index (χ2n) is 6.03. The van der Waals surface area contributed by atoms with Crippen LogP contribution in [0.25, 0.3) is 0 Å². The summed E-state index contributed by atoms with van der Waals surface area (Å²) in [5.74, 6) is 0.533. The average Bonchev–Trinajstić information content (AvgIpc) is 3.30. The molecular formula is C19H22BrN. The third-order valence-corrected chi connectivity index (χ3v) is 5.06. The summed E-state index contributed by atoms with van der Waals surface area (Å²) < 4.78 is 1.22. The molecule has 0 aromatic heterocycles. The monoisotopic (exact) mass is 343 g/mol. The van der Waals surface area contributed by atoms with Crippen LogP contribution in [0.2, 0.25) is 0 Å². The van der Waals surface area contributed by atoms with E-state index in [0.717, 1.165) is 19.0 Å². The van der Waals surface area contributed by atoms with Gasteiger partial charge in [0, 0.05) is 23.0 Å². The third kappa shape index (κ3) is 3.96. The Labute approximate surface area is 135 Å². The molecule has 0 aliphatic heterocycles. The van der Waals surface area contributed by atoms with Crippen molar-refractivity contribution in [2.24, 2.45) is 0 Å². The van der Waals surface area contributed by atoms with E-state index in [2.05, 4.69) is 76.7 Å². The molecule has 0 radical (unpaired) electrons. The SMILES string of the molecule is Cc1ccccc1C(CNC1CC1)Cc1ccccc1Br. The molecule has 0 saturated heterocycles. The van der Waals surface area contributed by atoms with Gasteiger partial charge >= 0.3 is 0 Å². The van der Waals surface area contributed by atoms with Gasteiger partial charge in [0.15, 0.2) is 0 Å². The molecular weight excluding hydrogens is 322 g/mol. The molecule has 1 unspecified atom stereocenters. The molecule has 0 amide bonds. The van der Waals surface area contributed by atoms with E-state index in [1.54, 1.807) is 0 Å². The molecule has 1 aliphatic rings. The van der Waals surface area contributed by atoms with Crippen LogP contribution in [-0.2, 0) is 6.42 Å². The van der Waals surface area contributed by atoms with Crippen LogP contribution in [0.3, 0.4) is 0 Å². The minimum Gasteiger partial charge on any atom is -0.313 e. The summed E-state index contributed by atoms with van der Waals surface area (Å²) in [5, 5.41) is 3.71. The highest BCUT2D eigenvalue weighted by molar-refractivity contribution is 9.10. The first-order chi connectivity index (χ1) is 10.2. The van der Waals surface area contributed by atoms with Gasteiger partial charge in [0.2, 0.25) is 0 Å². The Morgan fingerprint density at radius 3 is 2.52 bits per heavy atom. The lowest BCUT2D eigenvalue weighted by Crippen LogP contribution is -2.25. The van der Waals surface area contributed by atoms with Crippen molar-refractivity contribution in [3.05, 3.63) is 69.7 Å². The van der Waals surface area contributed by atoms with Gasteiger partial charge in [-0.1, -0.05) is 58.4 Å². The van der Waals surface area contributed by atoms with Crippen LogP contribution in [0.5, 0.6) is 0 Å². The Bertz CT molecular complexity index is 604. The molecule has 1 atom stereocenters. The molecule has 0 heterocycles. The molecule has 110 valence electrons. The van der Waals surface area contributed by atoms with Gasteiger partial charge in [0.25, 0.3) is 0 Å². The highest BCUT2D eigenvalue weighted by atomic mass is 79.9. The van der Waals surface area contributed by atoms with Crippen LogP contribution >= 0.6 is 15.9 Å². The summed E-state index contributed by atoms with van der Waals surface area (Å²) in [6, 6.07) is 18.1. The van der Waals surface area contributed by atoms with Gasteiger partial charge in [0.1, 0.15) is 0 Å². The van der Waals surface area contributed by atoms with E-state index >= 15 is 0 Å². The van der Waals surface area contributed by atoms with Crippen molar-refractivity contribution in [1.29, 1.82) is 0 Å². The largest absolute Gasteiger partial charge is 0.313 e. The zero-order chi connectivity index (χ0) is 14.7. The van der Waals surface area contributed by atoms with Gasteiger partial charge in [0.05, 0.1) is 0 Å². The van der Waals surface area contributed by atoms with Crippen LogP contribution < -0.4 is 5.32 Å². The third-order valence-electron chi connectivity index (χ3n) is 4.28. The molecule has 2 aromatic carbocycles. The molecule has 1 N–H and O–H groups in total. The highest BCUT2D eigenvalue weighted by Gasteiger charge is 2.23. The summed E-state index contributed by atoms with van der Waals surface area (Å²) in [5.41, 5.74) is 4.26. The fraction of sp³-hybridized carbons (Fsp3) is 0.368. The minimum absolute atomic E-state index is 0.533. The number of hydrogen-bond acceptors (Lipinski definition) is 1. The quantitative estimate of drug-likeness (QED) is 0.791. The summed E-state index contributed by atoms with van der Waals surface area (Å²) in [6.07, 6.45) is 3.76. The van der Waals surface area contributed by atoms with E-state index < -0.39 is 0 Å². The fourth-order valence-corrected chi connectivity index (χ4v) is 3.31. The molecule has 1 nitrogen and oxygen atoms in total. The van der Waals surface area contributed by atoms with Crippen LogP contribution in [0.15, 0.2) is 53.0 Å². The molecule has 3 rings (SSSR count). The normalized spacial score (nSPS) is 15.9. The Hall–Kier alpha value is -1.12. The van der Waals surface area contributed by atoms with E-state index in [4.69, 9.17) is 0 Å². The number of aryl methyl sites for hydroxylation is 1. The number of nitrogens with one attached hydrogen (secondary N) is 1. The lowest BCUT2D eigenvalue weighted by molar-refractivity contribution is 0.574. The zero-order valence-corrected chi connectivity index (χ0v) is 14.1. The standard InChI is InChI=1S/C19H22BrN/c1-14-6-2-4-8-18(14)16(13-21-17-10-11-17)12-15-7-3-5-9-19(15)20/h2-9,16-17,21H,10-13H2,1H3. The summed E-state index contributed by atoms with van der Waals surface area (Å²) in [7, 11) is 0. The predicted octanol–water partition coefficient (Wildman–Crippen LogP) is 4.84. The van der Waals surface area contributed by atoms with Gasteiger partial charge in [-0.15, -0.1) is 0 Å². The average molecular weight is 344 g/mol. The Kier molecular flexibility index (Phi) is 4.77. The lowest BCUT2D eigenvalue weighted by atomic mass is 9.89. The second-order valence-corrected chi connectivity index (χ2v) is 6.89. The van der Waals surface area contributed by atoms with E-state index in [9.17, 15) is 0 Å². The van der Waals surface area contributed by atoms with Crippen molar-refractivity contribution < 1.29 is 0 Å². The summed E-state index contributed by atoms with van der Waals surface area (Å²) in [4.78, 5) is 0. The molecule has 21 heavy (non-hydrogen) atoms. The molecule has 1 fully saturated rings. The van der Waals surface area contributed by atoms with E-state index in [-0.39, 0.29) is 0 Å². The van der Waals surface area contributed by atoms with Gasteiger partial charge in [-0.05, 0) is 48.9 Å². The van der Waals surface area contributed by atoms with Crippen molar-refractivity contribution in [3.63, 3.8) is 0 Å². The van der Waals surface area contributed by atoms with Crippen molar-refractivity contribution in [2.45, 2.75) is 38.1 Å². The first-order valence-corrected chi connectivity index (χ1v) is 8.55. The maximum Gasteiger partial charge on any atom is 0.0207 e. The fourth-order valence-electron chi connectivity index (χ4n) is 2.86. The predicted molar refractivity (Wildman–Crippen MR) is 92.8 cm³/mol. The van der Waals surface area contributed by atoms with Crippen molar-refractivity contribution in [2.75, 3.05) is 6.54 Å². The topological polar surface area (TPSA) is 12.0 Å². The Balaban J connectivity index is 1.81. The number of halogens is 1. The molecule has 2 heteroatoms. The van der Waals surface area contributed by atoms with E-state index in [1.165, 1.54) is 34.0 Å². The second kappa shape index (κ2) is 6.76. The maximum absolute atomic E-state index is 3.71. The molecule has 1 aliphatic carbocycles. The van der Waals surface area contributed by atoms with Crippen LogP contribution in [-0.4, -0.2) is 12.6 Å². The minimum atomic E-state index is 0.533. The molecule has 0 spiro atoms. The Morgan fingerprint density at radius 2 is 1.81 bits per heavy atom. The van der Waals surface area contributed by atoms with Crippen LogP contribution in [0, 0.1) is 6.92 Å². The molecule has 0 bridgehead atoms. The Morgan fingerprint density at radius 1 is 1.10 bits per heavy atom. The lowest BCUT2D eigenvalue weighted by Gasteiger charge is -2.21. The first kappa shape index (κ1) is 14.8. The van der Waals surface area contributed by atoms with Crippen LogP contribution in [0.4, 0.5) is 0 Å². The maximum atomic E-state index is 3.71. The summed E-state index contributed by atoms with van der Waals surface area (Å²) in [6.45, 7) is 3.29. The van der Waals surface area contributed by atoms with Gasteiger partial charge < -0.3 is 5.32 Å².